The van der Waals surface area contributed by atoms with Crippen LogP contribution in [-0.4, -0.2) is 15.9 Å². The predicted octanol–water partition coefficient (Wildman–Crippen LogP) is 4.27. The summed E-state index contributed by atoms with van der Waals surface area (Å²) < 4.78 is 6.27. The van der Waals surface area contributed by atoms with Crippen molar-refractivity contribution in [1.29, 1.82) is 0 Å². The monoisotopic (exact) mass is 350 g/mol. The summed E-state index contributed by atoms with van der Waals surface area (Å²) in [5.74, 6) is 1.38. The van der Waals surface area contributed by atoms with Gasteiger partial charge < -0.3 is 4.52 Å². The fraction of sp³-hybridized carbons (Fsp3) is 0.438. The summed E-state index contributed by atoms with van der Waals surface area (Å²) in [5.41, 5.74) is 3.14. The van der Waals surface area contributed by atoms with Crippen LogP contribution in [0, 0.1) is 19.8 Å². The third-order valence-electron chi connectivity index (χ3n) is 3.15. The highest BCUT2D eigenvalue weighted by atomic mass is 79.9. The molecule has 1 heterocycles. The SMILES string of the molecule is Cc1cc(-c2noc(CC(=O)CC(C)C)n2)cc(C)c1Br. The maximum atomic E-state index is 11.8. The van der Waals surface area contributed by atoms with Crippen molar-refractivity contribution in [2.24, 2.45) is 5.92 Å². The van der Waals surface area contributed by atoms with E-state index in [1.54, 1.807) is 0 Å². The largest absolute Gasteiger partial charge is 0.339 e. The fourth-order valence-corrected chi connectivity index (χ4v) is 2.44. The summed E-state index contributed by atoms with van der Waals surface area (Å²) in [6.45, 7) is 8.08. The lowest BCUT2D eigenvalue weighted by Crippen LogP contribution is -2.06. The van der Waals surface area contributed by atoms with Crippen LogP contribution in [0.3, 0.4) is 0 Å². The van der Waals surface area contributed by atoms with Gasteiger partial charge in [-0.3, -0.25) is 4.79 Å². The van der Waals surface area contributed by atoms with E-state index in [2.05, 4.69) is 26.1 Å². The number of nitrogens with zero attached hydrogens (tertiary/aromatic N) is 2. The van der Waals surface area contributed by atoms with Gasteiger partial charge in [-0.05, 0) is 43.0 Å². The molecule has 1 aromatic carbocycles. The summed E-state index contributed by atoms with van der Waals surface area (Å²) in [4.78, 5) is 16.1. The summed E-state index contributed by atoms with van der Waals surface area (Å²) in [6.07, 6.45) is 0.744. The highest BCUT2D eigenvalue weighted by Crippen LogP contribution is 2.27. The molecule has 5 heteroatoms. The molecule has 2 rings (SSSR count). The van der Waals surface area contributed by atoms with E-state index in [1.165, 1.54) is 0 Å². The summed E-state index contributed by atoms with van der Waals surface area (Å²) >= 11 is 3.54. The first kappa shape index (κ1) is 15.9. The van der Waals surface area contributed by atoms with Gasteiger partial charge in [0.2, 0.25) is 11.7 Å². The average molecular weight is 351 g/mol. The number of hydrogen-bond donors (Lipinski definition) is 0. The van der Waals surface area contributed by atoms with Crippen molar-refractivity contribution in [3.8, 4) is 11.4 Å². The van der Waals surface area contributed by atoms with E-state index in [0.717, 1.165) is 21.2 Å². The number of benzene rings is 1. The van der Waals surface area contributed by atoms with Crippen LogP contribution in [0.4, 0.5) is 0 Å². The third-order valence-corrected chi connectivity index (χ3v) is 4.40. The van der Waals surface area contributed by atoms with E-state index in [1.807, 2.05) is 39.8 Å². The van der Waals surface area contributed by atoms with Crippen LogP contribution < -0.4 is 0 Å². The topological polar surface area (TPSA) is 56.0 Å². The number of hydrogen-bond acceptors (Lipinski definition) is 4. The Kier molecular flexibility index (Phi) is 4.93. The van der Waals surface area contributed by atoms with Gasteiger partial charge in [0.25, 0.3) is 0 Å². The van der Waals surface area contributed by atoms with E-state index < -0.39 is 0 Å². The molecule has 1 aromatic heterocycles. The van der Waals surface area contributed by atoms with E-state index in [0.29, 0.717) is 24.1 Å². The van der Waals surface area contributed by atoms with E-state index in [9.17, 15) is 4.79 Å². The zero-order chi connectivity index (χ0) is 15.6. The van der Waals surface area contributed by atoms with Crippen LogP contribution in [0.2, 0.25) is 0 Å². The van der Waals surface area contributed by atoms with Crippen LogP contribution in [-0.2, 0) is 11.2 Å². The van der Waals surface area contributed by atoms with Crippen LogP contribution >= 0.6 is 15.9 Å². The summed E-state index contributed by atoms with van der Waals surface area (Å²) in [7, 11) is 0. The second-order valence-corrected chi connectivity index (χ2v) is 6.54. The number of ketones is 1. The minimum absolute atomic E-state index is 0.128. The second-order valence-electron chi connectivity index (χ2n) is 5.75. The average Bonchev–Trinajstić information content (AvgIpc) is 2.82. The van der Waals surface area contributed by atoms with Gasteiger partial charge in [-0.15, -0.1) is 0 Å². The maximum Gasteiger partial charge on any atom is 0.234 e. The smallest absolute Gasteiger partial charge is 0.234 e. The van der Waals surface area contributed by atoms with E-state index in [-0.39, 0.29) is 12.2 Å². The summed E-state index contributed by atoms with van der Waals surface area (Å²) in [5, 5.41) is 3.98. The van der Waals surface area contributed by atoms with Crippen molar-refractivity contribution in [3.05, 3.63) is 33.6 Å². The number of carbonyl (C=O) groups is 1. The van der Waals surface area contributed by atoms with Crippen molar-refractivity contribution in [2.45, 2.75) is 40.5 Å². The maximum absolute atomic E-state index is 11.8. The first-order valence-electron chi connectivity index (χ1n) is 6.98. The molecule has 0 aliphatic carbocycles. The Morgan fingerprint density at radius 1 is 1.29 bits per heavy atom. The zero-order valence-electron chi connectivity index (χ0n) is 12.7. The Morgan fingerprint density at radius 3 is 2.48 bits per heavy atom. The Bertz CT molecular complexity index is 639. The van der Waals surface area contributed by atoms with Gasteiger partial charge in [0, 0.05) is 16.5 Å². The molecule has 0 aliphatic rings. The van der Waals surface area contributed by atoms with Crippen LogP contribution in [0.5, 0.6) is 0 Å². The molecular formula is C16H19BrN2O2. The third kappa shape index (κ3) is 4.00. The zero-order valence-corrected chi connectivity index (χ0v) is 14.3. The molecule has 0 saturated carbocycles. The number of carbonyl (C=O) groups excluding carboxylic acids is 1. The highest BCUT2D eigenvalue weighted by molar-refractivity contribution is 9.10. The van der Waals surface area contributed by atoms with Gasteiger partial charge in [-0.25, -0.2) is 0 Å². The fourth-order valence-electron chi connectivity index (χ4n) is 2.22. The predicted molar refractivity (Wildman–Crippen MR) is 85.1 cm³/mol. The van der Waals surface area contributed by atoms with Crippen molar-refractivity contribution in [1.82, 2.24) is 10.1 Å². The molecule has 0 spiro atoms. The minimum Gasteiger partial charge on any atom is -0.339 e. The van der Waals surface area contributed by atoms with Gasteiger partial charge in [0.05, 0.1) is 6.42 Å². The molecule has 0 bridgehead atoms. The Labute approximate surface area is 133 Å². The molecule has 2 aromatic rings. The second kappa shape index (κ2) is 6.52. The first-order chi connectivity index (χ1) is 9.86. The van der Waals surface area contributed by atoms with Gasteiger partial charge in [-0.1, -0.05) is 34.9 Å². The molecule has 112 valence electrons. The van der Waals surface area contributed by atoms with Crippen molar-refractivity contribution in [3.63, 3.8) is 0 Å². The highest BCUT2D eigenvalue weighted by Gasteiger charge is 2.14. The number of Topliss-reactive ketones (excluding diaryl/α,β-unsaturated/α-hetero) is 1. The van der Waals surface area contributed by atoms with Crippen molar-refractivity contribution >= 4 is 21.7 Å². The molecular weight excluding hydrogens is 332 g/mol. The lowest BCUT2D eigenvalue weighted by molar-refractivity contribution is -0.119. The number of rotatable bonds is 5. The Hall–Kier alpha value is -1.49. The minimum atomic E-state index is 0.128. The van der Waals surface area contributed by atoms with Gasteiger partial charge in [-0.2, -0.15) is 4.98 Å². The Balaban J connectivity index is 2.18. The lowest BCUT2D eigenvalue weighted by atomic mass is 10.1. The molecule has 0 fully saturated rings. The van der Waals surface area contributed by atoms with Crippen LogP contribution in [0.15, 0.2) is 21.1 Å². The van der Waals surface area contributed by atoms with E-state index in [4.69, 9.17) is 4.52 Å². The number of halogens is 1. The summed E-state index contributed by atoms with van der Waals surface area (Å²) in [6, 6.07) is 4.00. The van der Waals surface area contributed by atoms with Gasteiger partial charge in [0.15, 0.2) is 0 Å². The molecule has 0 atom stereocenters. The number of aromatic nitrogens is 2. The first-order valence-corrected chi connectivity index (χ1v) is 7.77. The Morgan fingerprint density at radius 2 is 1.90 bits per heavy atom. The molecule has 0 radical (unpaired) electrons. The van der Waals surface area contributed by atoms with Crippen LogP contribution in [0.25, 0.3) is 11.4 Å². The molecule has 0 aliphatic heterocycles. The van der Waals surface area contributed by atoms with Gasteiger partial charge in [0.1, 0.15) is 5.78 Å². The molecule has 0 unspecified atom stereocenters. The lowest BCUT2D eigenvalue weighted by Gasteiger charge is -2.04. The van der Waals surface area contributed by atoms with E-state index >= 15 is 0 Å². The number of aryl methyl sites for hydroxylation is 2. The normalized spacial score (nSPS) is 11.1. The standard InChI is InChI=1S/C16H19BrN2O2/c1-9(2)5-13(20)8-14-18-16(19-21-14)12-6-10(3)15(17)11(4)7-12/h6-7,9H,5,8H2,1-4H3. The van der Waals surface area contributed by atoms with Crippen molar-refractivity contribution < 1.29 is 9.32 Å². The van der Waals surface area contributed by atoms with Crippen LogP contribution in [0.1, 0.15) is 37.3 Å². The molecule has 4 nitrogen and oxygen atoms in total. The molecule has 0 N–H and O–H groups in total. The molecule has 21 heavy (non-hydrogen) atoms. The molecule has 0 amide bonds. The van der Waals surface area contributed by atoms with Gasteiger partial charge >= 0.3 is 0 Å². The molecule has 0 saturated heterocycles. The quantitative estimate of drug-likeness (QED) is 0.807. The van der Waals surface area contributed by atoms with Crippen molar-refractivity contribution in [2.75, 3.05) is 0 Å².